The fourth-order valence-electron chi connectivity index (χ4n) is 1.19. The van der Waals surface area contributed by atoms with E-state index in [1.165, 1.54) is 11.3 Å². The summed E-state index contributed by atoms with van der Waals surface area (Å²) in [5, 5.41) is 11.1. The number of thiophene rings is 1. The molecule has 2 amide bonds. The molecule has 0 saturated heterocycles. The second-order valence-electron chi connectivity index (χ2n) is 3.45. The smallest absolute Gasteiger partial charge is 0.326 e. The lowest BCUT2D eigenvalue weighted by Gasteiger charge is -2.11. The Morgan fingerprint density at radius 1 is 1.47 bits per heavy atom. The van der Waals surface area contributed by atoms with Gasteiger partial charge in [-0.15, -0.1) is 11.3 Å². The van der Waals surface area contributed by atoms with E-state index in [-0.39, 0.29) is 0 Å². The molecule has 0 unspecified atom stereocenters. The van der Waals surface area contributed by atoms with Crippen molar-refractivity contribution in [2.24, 2.45) is 5.73 Å². The lowest BCUT2D eigenvalue weighted by molar-refractivity contribution is -0.140. The van der Waals surface area contributed by atoms with Crippen LogP contribution in [0.3, 0.4) is 0 Å². The molecule has 0 aliphatic rings. The number of hydrogen-bond donors (Lipinski definition) is 3. The number of rotatable bonds is 5. The third-order valence-corrected chi connectivity index (χ3v) is 2.97. The molecule has 0 fully saturated rings. The van der Waals surface area contributed by atoms with Gasteiger partial charge in [-0.3, -0.25) is 9.59 Å². The third kappa shape index (κ3) is 3.87. The molecule has 0 radical (unpaired) electrons. The molecule has 0 aromatic carbocycles. The summed E-state index contributed by atoms with van der Waals surface area (Å²) in [4.78, 5) is 34.4. The summed E-state index contributed by atoms with van der Waals surface area (Å²) in [6.45, 7) is 1.83. The molecule has 0 saturated carbocycles. The Kier molecular flexibility index (Phi) is 4.22. The summed E-state index contributed by atoms with van der Waals surface area (Å²) in [6.07, 6.45) is -0.425. The van der Waals surface area contributed by atoms with E-state index in [2.05, 4.69) is 5.32 Å². The number of hydrogen-bond acceptors (Lipinski definition) is 4. The maximum atomic E-state index is 11.6. The lowest BCUT2D eigenvalue weighted by atomic mass is 10.2. The Bertz CT molecular complexity index is 455. The van der Waals surface area contributed by atoms with Crippen molar-refractivity contribution < 1.29 is 19.5 Å². The van der Waals surface area contributed by atoms with Gasteiger partial charge in [0.1, 0.15) is 6.04 Å². The van der Waals surface area contributed by atoms with Crippen LogP contribution in [0.1, 0.15) is 21.0 Å². The largest absolute Gasteiger partial charge is 0.480 e. The Hall–Kier alpha value is -1.89. The number of carbonyl (C=O) groups excluding carboxylic acids is 2. The van der Waals surface area contributed by atoms with Gasteiger partial charge >= 0.3 is 5.97 Å². The number of carboxylic acids is 1. The van der Waals surface area contributed by atoms with Gasteiger partial charge in [-0.2, -0.15) is 0 Å². The van der Waals surface area contributed by atoms with Gasteiger partial charge in [0, 0.05) is 4.88 Å². The molecule has 0 aliphatic heterocycles. The van der Waals surface area contributed by atoms with Gasteiger partial charge in [0.05, 0.1) is 11.3 Å². The van der Waals surface area contributed by atoms with Gasteiger partial charge in [0.2, 0.25) is 5.91 Å². The van der Waals surface area contributed by atoms with E-state index in [1.807, 2.05) is 6.92 Å². The van der Waals surface area contributed by atoms with Gasteiger partial charge < -0.3 is 16.2 Å². The molecule has 1 aromatic heterocycles. The van der Waals surface area contributed by atoms with Crippen molar-refractivity contribution in [2.45, 2.75) is 19.4 Å². The summed E-state index contributed by atoms with van der Waals surface area (Å²) in [5.41, 5.74) is 4.90. The maximum absolute atomic E-state index is 11.6. The van der Waals surface area contributed by atoms with Gasteiger partial charge in [-0.25, -0.2) is 4.79 Å². The van der Waals surface area contributed by atoms with Crippen LogP contribution in [-0.4, -0.2) is 28.9 Å². The first-order chi connectivity index (χ1) is 7.90. The van der Waals surface area contributed by atoms with Gasteiger partial charge in [-0.05, 0) is 19.1 Å². The number of amides is 2. The van der Waals surface area contributed by atoms with E-state index in [0.29, 0.717) is 4.88 Å². The number of carboxylic acid groups (broad SMARTS) is 1. The summed E-state index contributed by atoms with van der Waals surface area (Å²) in [7, 11) is 0. The number of aliphatic carboxylic acids is 1. The molecule has 6 nitrogen and oxygen atoms in total. The van der Waals surface area contributed by atoms with Crippen LogP contribution in [0, 0.1) is 6.92 Å². The fourth-order valence-corrected chi connectivity index (χ4v) is 1.96. The van der Waals surface area contributed by atoms with E-state index >= 15 is 0 Å². The molecule has 17 heavy (non-hydrogen) atoms. The molecular weight excluding hydrogens is 244 g/mol. The maximum Gasteiger partial charge on any atom is 0.326 e. The molecule has 1 aromatic rings. The highest BCUT2D eigenvalue weighted by molar-refractivity contribution is 7.13. The second kappa shape index (κ2) is 5.44. The number of nitrogens with one attached hydrogen (secondary N) is 1. The fraction of sp³-hybridized carbons (Fsp3) is 0.300. The number of aryl methyl sites for hydroxylation is 1. The van der Waals surface area contributed by atoms with Crippen molar-refractivity contribution in [1.82, 2.24) is 5.32 Å². The first-order valence-corrected chi connectivity index (χ1v) is 5.60. The normalized spacial score (nSPS) is 11.8. The zero-order chi connectivity index (χ0) is 13.0. The van der Waals surface area contributed by atoms with Crippen molar-refractivity contribution in [3.05, 3.63) is 21.9 Å². The van der Waals surface area contributed by atoms with Crippen LogP contribution in [0.2, 0.25) is 0 Å². The van der Waals surface area contributed by atoms with Gasteiger partial charge in [0.25, 0.3) is 5.91 Å². The topological polar surface area (TPSA) is 109 Å². The first kappa shape index (κ1) is 13.2. The summed E-state index contributed by atoms with van der Waals surface area (Å²) < 4.78 is 0. The molecule has 4 N–H and O–H groups in total. The minimum Gasteiger partial charge on any atom is -0.480 e. The Labute approximate surface area is 101 Å². The lowest BCUT2D eigenvalue weighted by Crippen LogP contribution is -2.43. The average Bonchev–Trinajstić information content (AvgIpc) is 2.63. The quantitative estimate of drug-likeness (QED) is 0.694. The first-order valence-electron chi connectivity index (χ1n) is 4.78. The number of primary amides is 1. The van der Waals surface area contributed by atoms with Crippen LogP contribution in [-0.2, 0) is 9.59 Å². The van der Waals surface area contributed by atoms with Crippen LogP contribution in [0.4, 0.5) is 0 Å². The SMILES string of the molecule is Cc1ccc(C(=O)N[C@H](CC(N)=O)C(=O)O)s1. The predicted molar refractivity (Wildman–Crippen MR) is 61.8 cm³/mol. The minimum absolute atomic E-state index is 0.401. The van der Waals surface area contributed by atoms with E-state index < -0.39 is 30.2 Å². The van der Waals surface area contributed by atoms with E-state index in [1.54, 1.807) is 12.1 Å². The van der Waals surface area contributed by atoms with E-state index in [0.717, 1.165) is 4.88 Å². The second-order valence-corrected chi connectivity index (χ2v) is 4.73. The van der Waals surface area contributed by atoms with Gasteiger partial charge in [-0.1, -0.05) is 0 Å². The van der Waals surface area contributed by atoms with Crippen molar-refractivity contribution in [3.8, 4) is 0 Å². The van der Waals surface area contributed by atoms with Crippen LogP contribution in [0.15, 0.2) is 12.1 Å². The Morgan fingerprint density at radius 3 is 2.53 bits per heavy atom. The molecule has 92 valence electrons. The highest BCUT2D eigenvalue weighted by Crippen LogP contribution is 2.14. The zero-order valence-electron chi connectivity index (χ0n) is 9.10. The molecule has 1 heterocycles. The molecule has 0 spiro atoms. The van der Waals surface area contributed by atoms with Gasteiger partial charge in [0.15, 0.2) is 0 Å². The molecule has 7 heteroatoms. The molecule has 1 rings (SSSR count). The Balaban J connectivity index is 2.70. The number of nitrogens with two attached hydrogens (primary N) is 1. The zero-order valence-corrected chi connectivity index (χ0v) is 9.91. The molecular formula is C10H12N2O4S. The van der Waals surface area contributed by atoms with Crippen molar-refractivity contribution in [2.75, 3.05) is 0 Å². The highest BCUT2D eigenvalue weighted by Gasteiger charge is 2.23. The third-order valence-electron chi connectivity index (χ3n) is 1.97. The summed E-state index contributed by atoms with van der Waals surface area (Å²) in [5.74, 6) is -2.58. The Morgan fingerprint density at radius 2 is 2.12 bits per heavy atom. The average molecular weight is 256 g/mol. The molecule has 1 atom stereocenters. The van der Waals surface area contributed by atoms with Crippen LogP contribution in [0.25, 0.3) is 0 Å². The minimum atomic E-state index is -1.29. The van der Waals surface area contributed by atoms with Crippen molar-refractivity contribution in [3.63, 3.8) is 0 Å². The predicted octanol–water partition coefficient (Wildman–Crippen LogP) is 0.115. The van der Waals surface area contributed by atoms with E-state index in [4.69, 9.17) is 10.8 Å². The summed E-state index contributed by atoms with van der Waals surface area (Å²) >= 11 is 1.25. The van der Waals surface area contributed by atoms with Crippen LogP contribution in [0.5, 0.6) is 0 Å². The molecule has 0 bridgehead atoms. The standard InChI is InChI=1S/C10H12N2O4S/c1-5-2-3-7(17-5)9(14)12-6(10(15)16)4-8(11)13/h2-3,6H,4H2,1H3,(H2,11,13)(H,12,14)(H,15,16)/t6-/m1/s1. The van der Waals surface area contributed by atoms with E-state index in [9.17, 15) is 14.4 Å². The van der Waals surface area contributed by atoms with Crippen molar-refractivity contribution >= 4 is 29.1 Å². The monoisotopic (exact) mass is 256 g/mol. The van der Waals surface area contributed by atoms with Crippen LogP contribution >= 0.6 is 11.3 Å². The molecule has 0 aliphatic carbocycles. The summed E-state index contributed by atoms with van der Waals surface area (Å²) in [6, 6.07) is 2.06. The van der Waals surface area contributed by atoms with Crippen LogP contribution < -0.4 is 11.1 Å². The number of carbonyl (C=O) groups is 3. The van der Waals surface area contributed by atoms with Crippen molar-refractivity contribution in [1.29, 1.82) is 0 Å². The highest BCUT2D eigenvalue weighted by atomic mass is 32.1.